The van der Waals surface area contributed by atoms with Crippen LogP contribution in [0.1, 0.15) is 47.2 Å². The molecule has 2 unspecified atom stereocenters. The lowest BCUT2D eigenvalue weighted by Crippen LogP contribution is -2.37. The molecular formula is C30H31N5OS. The number of hydrogen-bond donors (Lipinski definition) is 2. The van der Waals surface area contributed by atoms with E-state index in [4.69, 9.17) is 12.2 Å². The van der Waals surface area contributed by atoms with Crippen molar-refractivity contribution >= 4 is 28.9 Å². The second-order valence-corrected chi connectivity index (χ2v) is 9.70. The predicted molar refractivity (Wildman–Crippen MR) is 152 cm³/mol. The van der Waals surface area contributed by atoms with Gasteiger partial charge in [0.05, 0.1) is 17.8 Å². The molecule has 7 heteroatoms. The number of hydrogen-bond acceptors (Lipinski definition) is 3. The van der Waals surface area contributed by atoms with E-state index in [9.17, 15) is 4.79 Å². The van der Waals surface area contributed by atoms with Gasteiger partial charge in [0.25, 0.3) is 0 Å². The molecule has 0 spiro atoms. The largest absolute Gasteiger partial charge is 0.352 e. The Hall–Kier alpha value is -3.97. The SMILES string of the molecule is CCc1ccccc1-n1c(C)cc(C2C(c3ccccn3)NC(=S)N2CC(=O)Nc2ccccc2)c1C. The van der Waals surface area contributed by atoms with Crippen LogP contribution in [0.15, 0.2) is 85.1 Å². The minimum Gasteiger partial charge on any atom is -0.352 e. The predicted octanol–water partition coefficient (Wildman–Crippen LogP) is 5.66. The summed E-state index contributed by atoms with van der Waals surface area (Å²) >= 11 is 5.79. The van der Waals surface area contributed by atoms with Crippen LogP contribution < -0.4 is 10.6 Å². The van der Waals surface area contributed by atoms with E-state index in [0.29, 0.717) is 5.11 Å². The number of amides is 1. The van der Waals surface area contributed by atoms with Crippen molar-refractivity contribution in [3.05, 3.63) is 113 Å². The first kappa shape index (κ1) is 24.7. The quantitative estimate of drug-likeness (QED) is 0.315. The fourth-order valence-corrected chi connectivity index (χ4v) is 5.58. The maximum absolute atomic E-state index is 13.1. The Labute approximate surface area is 223 Å². The minimum absolute atomic E-state index is 0.118. The van der Waals surface area contributed by atoms with Gasteiger partial charge >= 0.3 is 0 Å². The molecule has 2 aromatic heterocycles. The van der Waals surface area contributed by atoms with Crippen LogP contribution in [0.4, 0.5) is 5.69 Å². The first-order valence-corrected chi connectivity index (χ1v) is 13.0. The van der Waals surface area contributed by atoms with Crippen molar-refractivity contribution in [1.82, 2.24) is 19.8 Å². The highest BCUT2D eigenvalue weighted by molar-refractivity contribution is 7.80. The van der Waals surface area contributed by atoms with Crippen LogP contribution >= 0.6 is 12.2 Å². The van der Waals surface area contributed by atoms with Crippen molar-refractivity contribution in [1.29, 1.82) is 0 Å². The lowest BCUT2D eigenvalue weighted by molar-refractivity contribution is -0.116. The van der Waals surface area contributed by atoms with E-state index in [1.165, 1.54) is 11.3 Å². The standard InChI is InChI=1S/C30H31N5OS/c1-4-22-12-8-9-16-26(22)35-20(2)18-24(21(35)3)29-28(25-15-10-11-17-31-25)33-30(37)34(29)19-27(36)32-23-13-6-5-7-14-23/h5-18,28-29H,4,19H2,1-3H3,(H,32,36)(H,33,37). The summed E-state index contributed by atoms with van der Waals surface area (Å²) in [4.78, 5) is 19.8. The van der Waals surface area contributed by atoms with Gasteiger partial charge in [-0.05, 0) is 80.0 Å². The minimum atomic E-state index is -0.197. The summed E-state index contributed by atoms with van der Waals surface area (Å²) in [6, 6.07) is 25.7. The summed E-state index contributed by atoms with van der Waals surface area (Å²) in [5, 5.41) is 7.01. The lowest BCUT2D eigenvalue weighted by atomic mass is 9.96. The number of nitrogens with one attached hydrogen (secondary N) is 2. The van der Waals surface area contributed by atoms with Gasteiger partial charge in [-0.2, -0.15) is 0 Å². The number of thiocarbonyl (C=S) groups is 1. The zero-order valence-electron chi connectivity index (χ0n) is 21.3. The summed E-state index contributed by atoms with van der Waals surface area (Å²) in [5.41, 5.74) is 7.51. The molecule has 6 nitrogen and oxygen atoms in total. The van der Waals surface area contributed by atoms with Gasteiger partial charge < -0.3 is 20.1 Å². The van der Waals surface area contributed by atoms with Gasteiger partial charge in [-0.1, -0.05) is 49.4 Å². The maximum atomic E-state index is 13.1. The molecule has 0 radical (unpaired) electrons. The van der Waals surface area contributed by atoms with Crippen molar-refractivity contribution in [3.8, 4) is 5.69 Å². The number of aryl methyl sites for hydroxylation is 2. The third-order valence-corrected chi connectivity index (χ3v) is 7.32. The summed E-state index contributed by atoms with van der Waals surface area (Å²) in [5.74, 6) is -0.118. The van der Waals surface area contributed by atoms with Gasteiger partial charge in [0, 0.05) is 29.0 Å². The molecule has 1 fully saturated rings. The second kappa shape index (κ2) is 10.6. The molecule has 1 aliphatic rings. The summed E-state index contributed by atoms with van der Waals surface area (Å²) in [6.07, 6.45) is 2.74. The lowest BCUT2D eigenvalue weighted by Gasteiger charge is -2.27. The highest BCUT2D eigenvalue weighted by atomic mass is 32.1. The second-order valence-electron chi connectivity index (χ2n) is 9.31. The number of anilines is 1. The number of carbonyl (C=O) groups is 1. The van der Waals surface area contributed by atoms with Gasteiger partial charge in [0.2, 0.25) is 5.91 Å². The van der Waals surface area contributed by atoms with E-state index < -0.39 is 0 Å². The monoisotopic (exact) mass is 509 g/mol. The van der Waals surface area contributed by atoms with E-state index in [1.807, 2.05) is 53.4 Å². The van der Waals surface area contributed by atoms with Crippen molar-refractivity contribution in [2.75, 3.05) is 11.9 Å². The van der Waals surface area contributed by atoms with E-state index in [1.54, 1.807) is 6.20 Å². The molecule has 2 N–H and O–H groups in total. The van der Waals surface area contributed by atoms with E-state index >= 15 is 0 Å². The fraction of sp³-hybridized carbons (Fsp3) is 0.233. The number of aromatic nitrogens is 2. The van der Waals surface area contributed by atoms with Crippen LogP contribution in [-0.4, -0.2) is 32.0 Å². The number of nitrogens with zero attached hydrogens (tertiary/aromatic N) is 3. The molecular weight excluding hydrogens is 478 g/mol. The normalized spacial score (nSPS) is 17.1. The van der Waals surface area contributed by atoms with Crippen LogP contribution in [0.25, 0.3) is 5.69 Å². The topological polar surface area (TPSA) is 62.2 Å². The Bertz CT molecular complexity index is 1420. The van der Waals surface area contributed by atoms with Crippen LogP contribution in [0.3, 0.4) is 0 Å². The first-order valence-electron chi connectivity index (χ1n) is 12.6. The Kier molecular flexibility index (Phi) is 7.06. The van der Waals surface area contributed by atoms with Crippen molar-refractivity contribution < 1.29 is 4.79 Å². The third-order valence-electron chi connectivity index (χ3n) is 6.97. The zero-order valence-corrected chi connectivity index (χ0v) is 22.1. The van der Waals surface area contributed by atoms with Crippen LogP contribution in [0, 0.1) is 13.8 Å². The summed E-state index contributed by atoms with van der Waals surface area (Å²) in [6.45, 7) is 6.58. The van der Waals surface area contributed by atoms with Crippen LogP contribution in [-0.2, 0) is 11.2 Å². The third kappa shape index (κ3) is 4.87. The van der Waals surface area contributed by atoms with Gasteiger partial charge in [-0.25, -0.2) is 0 Å². The molecule has 2 atom stereocenters. The van der Waals surface area contributed by atoms with Crippen molar-refractivity contribution in [3.63, 3.8) is 0 Å². The zero-order chi connectivity index (χ0) is 25.9. The average Bonchev–Trinajstić information content (AvgIpc) is 3.39. The molecule has 2 aromatic carbocycles. The van der Waals surface area contributed by atoms with Crippen LogP contribution in [0.5, 0.6) is 0 Å². The summed E-state index contributed by atoms with van der Waals surface area (Å²) < 4.78 is 2.31. The molecule has 0 saturated carbocycles. The Morgan fingerprint density at radius 3 is 2.49 bits per heavy atom. The molecule has 188 valence electrons. The van der Waals surface area contributed by atoms with Crippen molar-refractivity contribution in [2.45, 2.75) is 39.3 Å². The number of para-hydroxylation sites is 2. The number of carbonyl (C=O) groups excluding carboxylic acids is 1. The molecule has 37 heavy (non-hydrogen) atoms. The van der Waals surface area contributed by atoms with Gasteiger partial charge in [0.1, 0.15) is 6.54 Å². The number of benzene rings is 2. The Balaban J connectivity index is 1.56. The van der Waals surface area contributed by atoms with Gasteiger partial charge in [-0.3, -0.25) is 9.78 Å². The molecule has 1 amide bonds. The van der Waals surface area contributed by atoms with E-state index in [-0.39, 0.29) is 24.5 Å². The van der Waals surface area contributed by atoms with Gasteiger partial charge in [0.15, 0.2) is 5.11 Å². The highest BCUT2D eigenvalue weighted by Crippen LogP contribution is 2.41. The highest BCUT2D eigenvalue weighted by Gasteiger charge is 2.42. The van der Waals surface area contributed by atoms with Gasteiger partial charge in [-0.15, -0.1) is 0 Å². The number of rotatable bonds is 7. The molecule has 0 bridgehead atoms. The Morgan fingerprint density at radius 2 is 1.76 bits per heavy atom. The molecule has 3 heterocycles. The fourth-order valence-electron chi connectivity index (χ4n) is 5.28. The summed E-state index contributed by atoms with van der Waals surface area (Å²) in [7, 11) is 0. The molecule has 1 aliphatic heterocycles. The average molecular weight is 510 g/mol. The molecule has 5 rings (SSSR count). The van der Waals surface area contributed by atoms with E-state index in [0.717, 1.165) is 34.8 Å². The smallest absolute Gasteiger partial charge is 0.244 e. The molecule has 1 saturated heterocycles. The molecule has 4 aromatic rings. The maximum Gasteiger partial charge on any atom is 0.244 e. The molecule has 0 aliphatic carbocycles. The Morgan fingerprint density at radius 1 is 1.03 bits per heavy atom. The number of pyridine rings is 1. The van der Waals surface area contributed by atoms with Crippen molar-refractivity contribution in [2.24, 2.45) is 0 Å². The first-order chi connectivity index (χ1) is 18.0. The van der Waals surface area contributed by atoms with E-state index in [2.05, 4.69) is 71.3 Å². The van der Waals surface area contributed by atoms with Crippen LogP contribution in [0.2, 0.25) is 0 Å².